The van der Waals surface area contributed by atoms with Gasteiger partial charge in [-0.2, -0.15) is 10.2 Å². The summed E-state index contributed by atoms with van der Waals surface area (Å²) in [5, 5.41) is 6.75. The molecule has 6 nitrogen and oxygen atoms in total. The van der Waals surface area contributed by atoms with Gasteiger partial charge in [-0.1, -0.05) is 0 Å². The van der Waals surface area contributed by atoms with Crippen molar-refractivity contribution in [1.29, 1.82) is 0 Å². The second-order valence-electron chi connectivity index (χ2n) is 5.64. The molecule has 2 atom stereocenters. The van der Waals surface area contributed by atoms with E-state index in [9.17, 15) is 0 Å². The van der Waals surface area contributed by atoms with E-state index in [1.54, 1.807) is 0 Å². The predicted octanol–water partition coefficient (Wildman–Crippen LogP) is 4.85. The Balaban J connectivity index is 0.000000477. The van der Waals surface area contributed by atoms with Crippen LogP contribution >= 0.6 is 82.1 Å². The fourth-order valence-electron chi connectivity index (χ4n) is 2.42. The van der Waals surface area contributed by atoms with E-state index in [2.05, 4.69) is 19.5 Å². The van der Waals surface area contributed by atoms with Crippen LogP contribution in [0.1, 0.15) is 12.8 Å². The molecule has 2 rings (SSSR count). The van der Waals surface area contributed by atoms with E-state index in [1.807, 2.05) is 0 Å². The first kappa shape index (κ1) is 32.0. The maximum atomic E-state index is 5.70. The maximum absolute atomic E-state index is 5.70. The zero-order chi connectivity index (χ0) is 21.7. The number of halogens is 6. The van der Waals surface area contributed by atoms with Gasteiger partial charge in [0, 0.05) is 36.6 Å². The average molecular weight is 758 g/mol. The van der Waals surface area contributed by atoms with E-state index in [4.69, 9.17) is 74.3 Å². The molecule has 0 amide bonds. The van der Waals surface area contributed by atoms with Gasteiger partial charge in [-0.3, -0.25) is 0 Å². The molecular formula is C14H32Cl6N4O2P2Pt+2. The van der Waals surface area contributed by atoms with Crippen molar-refractivity contribution in [2.75, 3.05) is 76.0 Å². The molecule has 2 fully saturated rings. The van der Waals surface area contributed by atoms with Crippen LogP contribution in [0.5, 0.6) is 0 Å². The number of nitrogens with zero attached hydrogens (tertiary/aromatic N) is 2. The van der Waals surface area contributed by atoms with E-state index in [-0.39, 0.29) is 0 Å². The van der Waals surface area contributed by atoms with Gasteiger partial charge in [-0.15, -0.1) is 55.7 Å². The summed E-state index contributed by atoms with van der Waals surface area (Å²) in [7, 11) is 7.76. The van der Waals surface area contributed by atoms with Crippen LogP contribution in [0.3, 0.4) is 0 Å². The zero-order valence-corrected chi connectivity index (χ0v) is 25.0. The Hall–Kier alpha value is 3.05. The normalized spacial score (nSPS) is 22.1. The van der Waals surface area contributed by atoms with Crippen LogP contribution in [-0.2, 0) is 25.5 Å². The molecule has 0 aromatic heterocycles. The van der Waals surface area contributed by atoms with Gasteiger partial charge in [0.25, 0.3) is 16.9 Å². The van der Waals surface area contributed by atoms with Crippen LogP contribution < -0.4 is 10.2 Å². The quantitative estimate of drug-likeness (QED) is 0.246. The van der Waals surface area contributed by atoms with Crippen LogP contribution in [0.2, 0.25) is 0 Å². The summed E-state index contributed by atoms with van der Waals surface area (Å²) in [5.74, 6) is 2.54. The van der Waals surface area contributed by atoms with E-state index in [0.29, 0.717) is 23.5 Å². The Morgan fingerprint density at radius 1 is 0.690 bits per heavy atom. The van der Waals surface area contributed by atoms with E-state index < -0.39 is 33.4 Å². The Kier molecular flexibility index (Phi) is 26.7. The third-order valence-electron chi connectivity index (χ3n) is 3.66. The topological polar surface area (TPSA) is 49.0 Å². The summed E-state index contributed by atoms with van der Waals surface area (Å²) in [6.07, 6.45) is 2.20. The second kappa shape index (κ2) is 24.2. The molecule has 0 aromatic rings. The van der Waals surface area contributed by atoms with Gasteiger partial charge in [0.05, 0.1) is 39.4 Å². The fourth-order valence-corrected chi connectivity index (χ4v) is 7.53. The molecule has 0 bridgehead atoms. The number of rotatable bonds is 10. The molecule has 2 N–H and O–H groups in total. The van der Waals surface area contributed by atoms with Gasteiger partial charge in [0.2, 0.25) is 0 Å². The summed E-state index contributed by atoms with van der Waals surface area (Å²) in [4.78, 5) is 0. The number of hydrogen-bond acceptors (Lipinski definition) is 6. The summed E-state index contributed by atoms with van der Waals surface area (Å²) in [5.41, 5.74) is 0. The van der Waals surface area contributed by atoms with Crippen LogP contribution in [0.4, 0.5) is 0 Å². The molecule has 0 aliphatic carbocycles. The number of hydrogen-bond donors (Lipinski definition) is 2. The van der Waals surface area contributed by atoms with Gasteiger partial charge in [-0.05, 0) is 12.8 Å². The van der Waals surface area contributed by atoms with Crippen LogP contribution in [-0.4, -0.2) is 85.3 Å². The minimum absolute atomic E-state index is 0.472. The molecule has 2 aliphatic rings. The molecule has 0 saturated carbocycles. The summed E-state index contributed by atoms with van der Waals surface area (Å²) in [6, 6.07) is 0. The first-order valence-electron chi connectivity index (χ1n) is 9.21. The van der Waals surface area contributed by atoms with Gasteiger partial charge in [-0.25, -0.2) is 9.05 Å². The standard InChI is InChI=1S/2C7H15Cl2N2OP.2ClH.Pt/c2*8-2-5-11(6-3-9)13-10-4-1-7-12-13;;;/h2*13H,1-7H2;2*1H;/q;;;;+2. The molecule has 2 heterocycles. The monoisotopic (exact) mass is 755 g/mol. The first-order chi connectivity index (χ1) is 14.2. The molecule has 2 aliphatic heterocycles. The molecule has 2 saturated heterocycles. The Morgan fingerprint density at radius 3 is 1.21 bits per heavy atom. The van der Waals surface area contributed by atoms with Crippen molar-refractivity contribution < 1.29 is 25.5 Å². The van der Waals surface area contributed by atoms with Gasteiger partial charge in [0.1, 0.15) is 0 Å². The van der Waals surface area contributed by atoms with Gasteiger partial charge in [0.15, 0.2) is 0 Å². The van der Waals surface area contributed by atoms with E-state index in [0.717, 1.165) is 65.3 Å². The Bertz CT molecular complexity index is 313. The van der Waals surface area contributed by atoms with Crippen molar-refractivity contribution in [3.8, 4) is 0 Å². The molecule has 0 aromatic carbocycles. The molecule has 0 radical (unpaired) electrons. The molecule has 0 spiro atoms. The van der Waals surface area contributed by atoms with Crippen molar-refractivity contribution in [1.82, 2.24) is 19.5 Å². The van der Waals surface area contributed by atoms with Crippen molar-refractivity contribution >= 4 is 82.1 Å². The molecular weight excluding hydrogens is 726 g/mol. The molecule has 29 heavy (non-hydrogen) atoms. The third kappa shape index (κ3) is 17.2. The SMILES string of the molecule is ClCCN(CCCl)[PH+]1NCCCO1.ClCCN(CCCl)[PH+]1NCCCO1.[Cl][Pt][Cl]. The third-order valence-corrected chi connectivity index (χ3v) is 8.44. The van der Waals surface area contributed by atoms with E-state index >= 15 is 0 Å². The Morgan fingerprint density at radius 2 is 1.00 bits per heavy atom. The van der Waals surface area contributed by atoms with Crippen molar-refractivity contribution in [2.24, 2.45) is 0 Å². The van der Waals surface area contributed by atoms with Crippen LogP contribution in [0.15, 0.2) is 0 Å². The number of nitrogens with one attached hydrogen (secondary N) is 2. The van der Waals surface area contributed by atoms with Crippen molar-refractivity contribution in [3.63, 3.8) is 0 Å². The van der Waals surface area contributed by atoms with Gasteiger partial charge >= 0.3 is 35.3 Å². The van der Waals surface area contributed by atoms with Crippen molar-refractivity contribution in [3.05, 3.63) is 0 Å². The summed E-state index contributed by atoms with van der Waals surface area (Å²) < 4.78 is 15.7. The predicted molar refractivity (Wildman–Crippen MR) is 132 cm³/mol. The average Bonchev–Trinajstić information content (AvgIpc) is 2.76. The summed E-state index contributed by atoms with van der Waals surface area (Å²) >= 11 is 22.3. The van der Waals surface area contributed by atoms with Crippen molar-refractivity contribution in [2.45, 2.75) is 12.8 Å². The van der Waals surface area contributed by atoms with E-state index in [1.165, 1.54) is 0 Å². The van der Waals surface area contributed by atoms with Crippen LogP contribution in [0, 0.1) is 0 Å². The minimum atomic E-state index is -0.997. The summed E-state index contributed by atoms with van der Waals surface area (Å²) in [6.45, 7) is 7.26. The second-order valence-corrected chi connectivity index (χ2v) is 14.2. The van der Waals surface area contributed by atoms with Crippen LogP contribution in [0.25, 0.3) is 0 Å². The molecule has 15 heteroatoms. The fraction of sp³-hybridized carbons (Fsp3) is 1.00. The van der Waals surface area contributed by atoms with Gasteiger partial charge < -0.3 is 0 Å². The number of alkyl halides is 4. The Labute approximate surface area is 214 Å². The first-order valence-corrected chi connectivity index (χ1v) is 19.7. The zero-order valence-electron chi connectivity index (χ0n) is 16.2. The molecule has 180 valence electrons. The molecule has 2 unspecified atom stereocenters.